The van der Waals surface area contributed by atoms with Crippen molar-refractivity contribution in [2.45, 2.75) is 19.8 Å². The predicted octanol–water partition coefficient (Wildman–Crippen LogP) is 2.50. The zero-order valence-electron chi connectivity index (χ0n) is 13.2. The molecule has 6 nitrogen and oxygen atoms in total. The molecule has 0 amide bonds. The number of benzene rings is 1. The van der Waals surface area contributed by atoms with Crippen LogP contribution in [0.25, 0.3) is 11.4 Å². The number of nitrogens with zero attached hydrogens (tertiary/aromatic N) is 3. The van der Waals surface area contributed by atoms with Gasteiger partial charge in [0.1, 0.15) is 11.4 Å². The minimum absolute atomic E-state index is 0.329. The van der Waals surface area contributed by atoms with Crippen molar-refractivity contribution in [2.24, 2.45) is 0 Å². The highest BCUT2D eigenvalue weighted by Gasteiger charge is 2.23. The lowest BCUT2D eigenvalue weighted by atomic mass is 10.2. The number of rotatable bonds is 4. The minimum atomic E-state index is -0.381. The third-order valence-corrected chi connectivity index (χ3v) is 3.81. The van der Waals surface area contributed by atoms with E-state index in [1.54, 1.807) is 13.1 Å². The Labute approximate surface area is 135 Å². The first-order chi connectivity index (χ1) is 11.2. The van der Waals surface area contributed by atoms with E-state index in [1.807, 2.05) is 24.3 Å². The molecule has 2 N–H and O–H groups in total. The summed E-state index contributed by atoms with van der Waals surface area (Å²) in [4.78, 5) is 23.2. The van der Waals surface area contributed by atoms with Crippen LogP contribution in [0.5, 0.6) is 0 Å². The molecule has 3 rings (SSSR count). The molecule has 0 unspecified atom stereocenters. The summed E-state index contributed by atoms with van der Waals surface area (Å²) < 4.78 is 5.13. The lowest BCUT2D eigenvalue weighted by Gasteiger charge is -2.19. The molecule has 120 valence electrons. The molecule has 1 aromatic heterocycles. The van der Waals surface area contributed by atoms with Crippen LogP contribution in [-0.4, -0.2) is 35.6 Å². The average Bonchev–Trinajstić information content (AvgIpc) is 3.09. The van der Waals surface area contributed by atoms with E-state index in [1.165, 1.54) is 0 Å². The fourth-order valence-electron chi connectivity index (χ4n) is 2.71. The lowest BCUT2D eigenvalue weighted by molar-refractivity contribution is 0.0526. The molecule has 1 aromatic carbocycles. The van der Waals surface area contributed by atoms with Crippen molar-refractivity contribution < 1.29 is 9.53 Å². The van der Waals surface area contributed by atoms with Gasteiger partial charge in [0.05, 0.1) is 6.61 Å². The van der Waals surface area contributed by atoms with E-state index in [-0.39, 0.29) is 5.97 Å². The lowest BCUT2D eigenvalue weighted by Crippen LogP contribution is -2.23. The van der Waals surface area contributed by atoms with Crippen molar-refractivity contribution in [3.05, 3.63) is 36.0 Å². The maximum Gasteiger partial charge on any atom is 0.343 e. The quantitative estimate of drug-likeness (QED) is 0.690. The molecule has 0 radical (unpaired) electrons. The predicted molar refractivity (Wildman–Crippen MR) is 89.3 cm³/mol. The van der Waals surface area contributed by atoms with Gasteiger partial charge in [-0.15, -0.1) is 0 Å². The van der Waals surface area contributed by atoms with Gasteiger partial charge < -0.3 is 15.4 Å². The number of carbonyl (C=O) groups excluding carboxylic acids is 1. The number of nitrogen functional groups attached to an aromatic ring is 1. The Hall–Kier alpha value is -2.63. The van der Waals surface area contributed by atoms with Crippen molar-refractivity contribution in [1.29, 1.82) is 0 Å². The van der Waals surface area contributed by atoms with Gasteiger partial charge in [-0.3, -0.25) is 0 Å². The second kappa shape index (κ2) is 6.64. The molecule has 0 saturated carbocycles. The van der Waals surface area contributed by atoms with Crippen LogP contribution < -0.4 is 10.6 Å². The summed E-state index contributed by atoms with van der Waals surface area (Å²) >= 11 is 0. The molecule has 0 aliphatic carbocycles. The van der Waals surface area contributed by atoms with Gasteiger partial charge in [0, 0.05) is 30.5 Å². The van der Waals surface area contributed by atoms with Crippen LogP contribution >= 0.6 is 0 Å². The summed E-state index contributed by atoms with van der Waals surface area (Å²) in [6.45, 7) is 3.89. The van der Waals surface area contributed by atoms with Gasteiger partial charge in [-0.1, -0.05) is 12.1 Å². The summed E-state index contributed by atoms with van der Waals surface area (Å²) in [5.41, 5.74) is 7.74. The number of hydrogen-bond acceptors (Lipinski definition) is 6. The molecular formula is C17H20N4O2. The first-order valence-corrected chi connectivity index (χ1v) is 7.84. The Kier molecular flexibility index (Phi) is 4.41. The largest absolute Gasteiger partial charge is 0.462 e. The van der Waals surface area contributed by atoms with Crippen LogP contribution in [0.15, 0.2) is 30.5 Å². The SMILES string of the molecule is CCOC(=O)c1cnc(-c2cccc(N)c2)nc1N1CCCC1. The van der Waals surface area contributed by atoms with E-state index in [2.05, 4.69) is 14.9 Å². The number of esters is 1. The molecule has 1 aliphatic rings. The monoisotopic (exact) mass is 312 g/mol. The van der Waals surface area contributed by atoms with E-state index in [9.17, 15) is 4.79 Å². The molecule has 1 fully saturated rings. The van der Waals surface area contributed by atoms with Gasteiger partial charge in [0.2, 0.25) is 0 Å². The summed E-state index contributed by atoms with van der Waals surface area (Å²) in [6, 6.07) is 7.41. The molecular weight excluding hydrogens is 292 g/mol. The molecule has 23 heavy (non-hydrogen) atoms. The number of nitrogens with two attached hydrogens (primary N) is 1. The second-order valence-corrected chi connectivity index (χ2v) is 5.47. The van der Waals surface area contributed by atoms with Crippen molar-refractivity contribution in [3.63, 3.8) is 0 Å². The number of hydrogen-bond donors (Lipinski definition) is 1. The highest BCUT2D eigenvalue weighted by atomic mass is 16.5. The first kappa shape index (κ1) is 15.3. The third kappa shape index (κ3) is 3.26. The summed E-state index contributed by atoms with van der Waals surface area (Å²) in [7, 11) is 0. The van der Waals surface area contributed by atoms with Crippen molar-refractivity contribution in [3.8, 4) is 11.4 Å². The molecule has 1 saturated heterocycles. The van der Waals surface area contributed by atoms with Crippen molar-refractivity contribution in [2.75, 3.05) is 30.3 Å². The number of carbonyl (C=O) groups is 1. The van der Waals surface area contributed by atoms with E-state index >= 15 is 0 Å². The fraction of sp³-hybridized carbons (Fsp3) is 0.353. The van der Waals surface area contributed by atoms with Gasteiger partial charge in [0.15, 0.2) is 5.82 Å². The Morgan fingerprint density at radius 3 is 2.83 bits per heavy atom. The van der Waals surface area contributed by atoms with E-state index in [4.69, 9.17) is 10.5 Å². The van der Waals surface area contributed by atoms with Crippen LogP contribution in [0.4, 0.5) is 11.5 Å². The van der Waals surface area contributed by atoms with Gasteiger partial charge >= 0.3 is 5.97 Å². The molecule has 1 aliphatic heterocycles. The minimum Gasteiger partial charge on any atom is -0.462 e. The van der Waals surface area contributed by atoms with Gasteiger partial charge in [-0.2, -0.15) is 0 Å². The highest BCUT2D eigenvalue weighted by Crippen LogP contribution is 2.26. The topological polar surface area (TPSA) is 81.3 Å². The second-order valence-electron chi connectivity index (χ2n) is 5.47. The fourth-order valence-corrected chi connectivity index (χ4v) is 2.71. The maximum absolute atomic E-state index is 12.2. The third-order valence-electron chi connectivity index (χ3n) is 3.81. The van der Waals surface area contributed by atoms with E-state index in [0.717, 1.165) is 31.5 Å². The van der Waals surface area contributed by atoms with Crippen molar-refractivity contribution >= 4 is 17.5 Å². The zero-order chi connectivity index (χ0) is 16.2. The Balaban J connectivity index is 2.03. The molecule has 0 spiro atoms. The zero-order valence-corrected chi connectivity index (χ0v) is 13.2. The van der Waals surface area contributed by atoms with Crippen LogP contribution in [-0.2, 0) is 4.74 Å². The number of ether oxygens (including phenoxy) is 1. The summed E-state index contributed by atoms with van der Waals surface area (Å²) in [5.74, 6) is 0.828. The van der Waals surface area contributed by atoms with E-state index in [0.29, 0.717) is 29.5 Å². The van der Waals surface area contributed by atoms with Gasteiger partial charge in [-0.05, 0) is 31.9 Å². The smallest absolute Gasteiger partial charge is 0.343 e. The van der Waals surface area contributed by atoms with E-state index < -0.39 is 0 Å². The number of aromatic nitrogens is 2. The molecule has 0 atom stereocenters. The molecule has 2 heterocycles. The summed E-state index contributed by atoms with van der Waals surface area (Å²) in [6.07, 6.45) is 3.75. The van der Waals surface area contributed by atoms with Gasteiger partial charge in [0.25, 0.3) is 0 Å². The van der Waals surface area contributed by atoms with Gasteiger partial charge in [-0.25, -0.2) is 14.8 Å². The molecule has 0 bridgehead atoms. The number of anilines is 2. The molecule has 2 aromatic rings. The summed E-state index contributed by atoms with van der Waals surface area (Å²) in [5, 5.41) is 0. The molecule has 6 heteroatoms. The Morgan fingerprint density at radius 1 is 1.35 bits per heavy atom. The normalized spacial score (nSPS) is 14.0. The van der Waals surface area contributed by atoms with Crippen LogP contribution in [0.2, 0.25) is 0 Å². The Bertz CT molecular complexity index is 711. The van der Waals surface area contributed by atoms with Crippen LogP contribution in [0, 0.1) is 0 Å². The van der Waals surface area contributed by atoms with Crippen LogP contribution in [0.1, 0.15) is 30.1 Å². The Morgan fingerprint density at radius 2 is 2.13 bits per heavy atom. The average molecular weight is 312 g/mol. The maximum atomic E-state index is 12.2. The highest BCUT2D eigenvalue weighted by molar-refractivity contribution is 5.95. The van der Waals surface area contributed by atoms with Crippen LogP contribution in [0.3, 0.4) is 0 Å². The first-order valence-electron chi connectivity index (χ1n) is 7.84. The van der Waals surface area contributed by atoms with Crippen molar-refractivity contribution in [1.82, 2.24) is 9.97 Å². The standard InChI is InChI=1S/C17H20N4O2/c1-2-23-17(22)14-11-19-15(12-6-5-7-13(18)10-12)20-16(14)21-8-3-4-9-21/h5-7,10-11H,2-4,8-9,18H2,1H3.